The van der Waals surface area contributed by atoms with Gasteiger partial charge in [0.1, 0.15) is 11.9 Å². The zero-order valence-corrected chi connectivity index (χ0v) is 8.64. The van der Waals surface area contributed by atoms with Crippen LogP contribution in [-0.4, -0.2) is 12.6 Å². The molecule has 0 amide bonds. The second-order valence-corrected chi connectivity index (χ2v) is 3.03. The van der Waals surface area contributed by atoms with Gasteiger partial charge in [0.05, 0.1) is 22.8 Å². The molecular formula is C10H7ClFNO2. The van der Waals surface area contributed by atoms with Crippen molar-refractivity contribution in [2.24, 2.45) is 0 Å². The molecule has 1 rings (SSSR count). The third kappa shape index (κ3) is 2.45. The van der Waals surface area contributed by atoms with E-state index in [0.717, 1.165) is 6.07 Å². The first-order valence-electron chi connectivity index (χ1n) is 4.16. The molecule has 0 aliphatic rings. The predicted molar refractivity (Wildman–Crippen MR) is 52.1 cm³/mol. The van der Waals surface area contributed by atoms with Crippen LogP contribution in [0.3, 0.4) is 0 Å². The molecule has 0 saturated carbocycles. The van der Waals surface area contributed by atoms with Crippen molar-refractivity contribution in [1.82, 2.24) is 0 Å². The Kier molecular flexibility index (Phi) is 3.64. The molecule has 15 heavy (non-hydrogen) atoms. The summed E-state index contributed by atoms with van der Waals surface area (Å²) < 4.78 is 17.8. The number of benzene rings is 1. The minimum Gasteiger partial charge on any atom is -0.462 e. The van der Waals surface area contributed by atoms with Crippen molar-refractivity contribution in [1.29, 1.82) is 5.26 Å². The summed E-state index contributed by atoms with van der Waals surface area (Å²) in [5.74, 6) is -1.48. The average Bonchev–Trinajstić information content (AvgIpc) is 2.22. The van der Waals surface area contributed by atoms with Crippen LogP contribution in [0.15, 0.2) is 12.1 Å². The monoisotopic (exact) mass is 227 g/mol. The van der Waals surface area contributed by atoms with E-state index in [1.54, 1.807) is 13.0 Å². The molecule has 3 nitrogen and oxygen atoms in total. The quantitative estimate of drug-likeness (QED) is 0.730. The molecule has 0 saturated heterocycles. The van der Waals surface area contributed by atoms with Crippen LogP contribution >= 0.6 is 11.6 Å². The molecule has 0 radical (unpaired) electrons. The zero-order chi connectivity index (χ0) is 11.4. The Labute approximate surface area is 91.0 Å². The fourth-order valence-electron chi connectivity index (χ4n) is 1.00. The van der Waals surface area contributed by atoms with Crippen LogP contribution in [-0.2, 0) is 4.74 Å². The molecule has 0 fully saturated rings. The Morgan fingerprint density at radius 1 is 1.67 bits per heavy atom. The molecule has 0 spiro atoms. The van der Waals surface area contributed by atoms with Crippen LogP contribution < -0.4 is 0 Å². The maximum atomic E-state index is 13.1. The summed E-state index contributed by atoms with van der Waals surface area (Å²) in [6.07, 6.45) is 0. The fraction of sp³-hybridized carbons (Fsp3) is 0.200. The van der Waals surface area contributed by atoms with Crippen molar-refractivity contribution in [3.05, 3.63) is 34.1 Å². The highest BCUT2D eigenvalue weighted by molar-refractivity contribution is 6.32. The predicted octanol–water partition coefficient (Wildman–Crippen LogP) is 2.53. The van der Waals surface area contributed by atoms with Crippen molar-refractivity contribution < 1.29 is 13.9 Å². The normalized spacial score (nSPS) is 9.47. The van der Waals surface area contributed by atoms with Gasteiger partial charge in [0.15, 0.2) is 0 Å². The van der Waals surface area contributed by atoms with E-state index >= 15 is 0 Å². The van der Waals surface area contributed by atoms with Crippen LogP contribution in [0.25, 0.3) is 0 Å². The van der Waals surface area contributed by atoms with E-state index in [1.165, 1.54) is 6.07 Å². The van der Waals surface area contributed by atoms with Crippen LogP contribution in [0.2, 0.25) is 5.02 Å². The van der Waals surface area contributed by atoms with Gasteiger partial charge in [-0.25, -0.2) is 9.18 Å². The SMILES string of the molecule is CCOC(=O)c1cc(F)c(Cl)c(C#N)c1. The molecule has 0 unspecified atom stereocenters. The Bertz CT molecular complexity index is 440. The van der Waals surface area contributed by atoms with Gasteiger partial charge >= 0.3 is 5.97 Å². The van der Waals surface area contributed by atoms with E-state index in [2.05, 4.69) is 4.74 Å². The first-order chi connectivity index (χ1) is 7.10. The van der Waals surface area contributed by atoms with Crippen LogP contribution in [0.5, 0.6) is 0 Å². The van der Waals surface area contributed by atoms with Gasteiger partial charge in [0.2, 0.25) is 0 Å². The number of halogens is 2. The van der Waals surface area contributed by atoms with Gasteiger partial charge in [0, 0.05) is 0 Å². The van der Waals surface area contributed by atoms with Crippen molar-refractivity contribution in [2.75, 3.05) is 6.61 Å². The molecule has 0 N–H and O–H groups in total. The molecule has 5 heteroatoms. The van der Waals surface area contributed by atoms with Crippen LogP contribution in [0.4, 0.5) is 4.39 Å². The second-order valence-electron chi connectivity index (χ2n) is 2.65. The molecule has 1 aromatic carbocycles. The molecule has 0 atom stereocenters. The minimum atomic E-state index is -0.807. The van der Waals surface area contributed by atoms with Gasteiger partial charge in [0.25, 0.3) is 0 Å². The summed E-state index contributed by atoms with van der Waals surface area (Å²) in [4.78, 5) is 11.2. The summed E-state index contributed by atoms with van der Waals surface area (Å²) >= 11 is 5.50. The summed E-state index contributed by atoms with van der Waals surface area (Å²) in [7, 11) is 0. The Morgan fingerprint density at radius 3 is 2.87 bits per heavy atom. The van der Waals surface area contributed by atoms with E-state index in [0.29, 0.717) is 0 Å². The fourth-order valence-corrected chi connectivity index (χ4v) is 1.15. The van der Waals surface area contributed by atoms with Crippen molar-refractivity contribution in [3.63, 3.8) is 0 Å². The summed E-state index contributed by atoms with van der Waals surface area (Å²) in [5.41, 5.74) is -0.102. The summed E-state index contributed by atoms with van der Waals surface area (Å²) in [6.45, 7) is 1.82. The van der Waals surface area contributed by atoms with Gasteiger partial charge in [-0.2, -0.15) is 5.26 Å². The maximum absolute atomic E-state index is 13.1. The number of ether oxygens (including phenoxy) is 1. The van der Waals surface area contributed by atoms with E-state index in [9.17, 15) is 9.18 Å². The van der Waals surface area contributed by atoms with Crippen molar-refractivity contribution in [3.8, 4) is 6.07 Å². The van der Waals surface area contributed by atoms with Crippen LogP contribution in [0.1, 0.15) is 22.8 Å². The molecular weight excluding hydrogens is 221 g/mol. The van der Waals surface area contributed by atoms with Gasteiger partial charge in [-0.05, 0) is 19.1 Å². The third-order valence-corrected chi connectivity index (χ3v) is 2.04. The highest BCUT2D eigenvalue weighted by atomic mass is 35.5. The summed E-state index contributed by atoms with van der Waals surface area (Å²) in [5, 5.41) is 8.34. The lowest BCUT2D eigenvalue weighted by Crippen LogP contribution is -2.05. The average molecular weight is 228 g/mol. The number of nitrogens with zero attached hydrogens (tertiary/aromatic N) is 1. The van der Waals surface area contributed by atoms with Crippen LogP contribution in [0, 0.1) is 17.1 Å². The lowest BCUT2D eigenvalue weighted by Gasteiger charge is -2.03. The van der Waals surface area contributed by atoms with E-state index < -0.39 is 11.8 Å². The standard InChI is InChI=1S/C10H7ClFNO2/c1-2-15-10(14)6-3-7(5-13)9(11)8(12)4-6/h3-4H,2H2,1H3. The van der Waals surface area contributed by atoms with E-state index in [1.807, 2.05) is 0 Å². The molecule has 1 aromatic rings. The van der Waals surface area contributed by atoms with Gasteiger partial charge < -0.3 is 4.74 Å². The third-order valence-electron chi connectivity index (χ3n) is 1.66. The van der Waals surface area contributed by atoms with Crippen molar-refractivity contribution >= 4 is 17.6 Å². The highest BCUT2D eigenvalue weighted by Crippen LogP contribution is 2.21. The van der Waals surface area contributed by atoms with Gasteiger partial charge in [-0.1, -0.05) is 11.6 Å². The molecule has 0 heterocycles. The minimum absolute atomic E-state index is 0.0182. The number of nitriles is 1. The largest absolute Gasteiger partial charge is 0.462 e. The smallest absolute Gasteiger partial charge is 0.338 e. The topological polar surface area (TPSA) is 50.1 Å². The lowest BCUT2D eigenvalue weighted by molar-refractivity contribution is 0.0526. The number of carbonyl (C=O) groups excluding carboxylic acids is 1. The molecule has 0 aliphatic carbocycles. The number of carbonyl (C=O) groups is 1. The van der Waals surface area contributed by atoms with E-state index in [4.69, 9.17) is 16.9 Å². The Balaban J connectivity index is 3.18. The summed E-state index contributed by atoms with van der Waals surface area (Å²) in [6, 6.07) is 3.84. The Hall–Kier alpha value is -1.60. The highest BCUT2D eigenvalue weighted by Gasteiger charge is 2.14. The maximum Gasteiger partial charge on any atom is 0.338 e. The first kappa shape index (κ1) is 11.5. The molecule has 0 aromatic heterocycles. The van der Waals surface area contributed by atoms with Gasteiger partial charge in [-0.3, -0.25) is 0 Å². The van der Waals surface area contributed by atoms with Gasteiger partial charge in [-0.15, -0.1) is 0 Å². The Morgan fingerprint density at radius 2 is 2.33 bits per heavy atom. The van der Waals surface area contributed by atoms with E-state index in [-0.39, 0.29) is 22.8 Å². The number of hydrogen-bond acceptors (Lipinski definition) is 3. The first-order valence-corrected chi connectivity index (χ1v) is 4.54. The number of esters is 1. The number of hydrogen-bond donors (Lipinski definition) is 0. The number of rotatable bonds is 2. The molecule has 0 aliphatic heterocycles. The second kappa shape index (κ2) is 4.76. The molecule has 78 valence electrons. The lowest BCUT2D eigenvalue weighted by atomic mass is 10.1. The molecule has 0 bridgehead atoms. The zero-order valence-electron chi connectivity index (χ0n) is 7.88. The van der Waals surface area contributed by atoms with Crippen molar-refractivity contribution in [2.45, 2.75) is 6.92 Å².